The van der Waals surface area contributed by atoms with Crippen LogP contribution in [0, 0.1) is 0 Å². The van der Waals surface area contributed by atoms with Crippen LogP contribution in [-0.2, 0) is 23.1 Å². The molecular weight excluding hydrogens is 434 g/mol. The zero-order valence-corrected chi connectivity index (χ0v) is 18.2. The van der Waals surface area contributed by atoms with Gasteiger partial charge in [-0.15, -0.1) is 10.2 Å². The van der Waals surface area contributed by atoms with Crippen molar-refractivity contribution in [2.45, 2.75) is 11.6 Å². The molecular formula is C21H21N5O5S. The Balaban J connectivity index is 1.53. The number of thioether (sulfide) groups is 1. The number of benzene rings is 2. The fraction of sp³-hybridized carbons (Fsp3) is 0.190. The van der Waals surface area contributed by atoms with Gasteiger partial charge in [0, 0.05) is 12.7 Å². The average Bonchev–Trinajstić information content (AvgIpc) is 3.12. The molecule has 0 spiro atoms. The van der Waals surface area contributed by atoms with Crippen LogP contribution in [0.15, 0.2) is 53.7 Å². The number of aromatic nitrogens is 3. The van der Waals surface area contributed by atoms with Crippen molar-refractivity contribution in [1.29, 1.82) is 0 Å². The van der Waals surface area contributed by atoms with Crippen molar-refractivity contribution in [2.24, 2.45) is 7.05 Å². The predicted molar refractivity (Wildman–Crippen MR) is 119 cm³/mol. The molecule has 3 aromatic rings. The molecule has 0 fully saturated rings. The predicted octanol–water partition coefficient (Wildman–Crippen LogP) is 2.43. The number of nitrogens with one attached hydrogen (secondary N) is 2. The Bertz CT molecular complexity index is 1130. The number of aromatic carboxylic acids is 1. The van der Waals surface area contributed by atoms with Crippen LogP contribution in [-0.4, -0.2) is 50.5 Å². The molecule has 0 aliphatic rings. The zero-order chi connectivity index (χ0) is 23.1. The summed E-state index contributed by atoms with van der Waals surface area (Å²) < 4.78 is 6.88. The van der Waals surface area contributed by atoms with E-state index in [-0.39, 0.29) is 29.6 Å². The normalized spacial score (nSPS) is 10.4. The van der Waals surface area contributed by atoms with Gasteiger partial charge in [0.2, 0.25) is 11.8 Å². The van der Waals surface area contributed by atoms with Gasteiger partial charge in [-0.1, -0.05) is 23.9 Å². The van der Waals surface area contributed by atoms with E-state index in [1.54, 1.807) is 29.8 Å². The minimum Gasteiger partial charge on any atom is -0.495 e. The van der Waals surface area contributed by atoms with E-state index in [1.807, 2.05) is 6.07 Å². The molecule has 0 radical (unpaired) electrons. The third-order valence-electron chi connectivity index (χ3n) is 4.37. The standard InChI is InChI=1S/C21H21N5O5S/c1-26-17(11-18(27)23-15-5-3-4-6-16(15)31-2)24-25-21(26)32-12-19(28)22-14-9-7-13(8-10-14)20(29)30/h3-10H,11-12H2,1-2H3,(H,22,28)(H,23,27)(H,29,30). The second-order valence-corrected chi connectivity index (χ2v) is 7.54. The number of carboxylic acids is 1. The zero-order valence-electron chi connectivity index (χ0n) is 17.4. The molecule has 1 heterocycles. The molecule has 0 unspecified atom stereocenters. The molecule has 2 amide bonds. The maximum Gasteiger partial charge on any atom is 0.335 e. The summed E-state index contributed by atoms with van der Waals surface area (Å²) >= 11 is 1.17. The van der Waals surface area contributed by atoms with E-state index in [0.717, 1.165) is 0 Å². The summed E-state index contributed by atoms with van der Waals surface area (Å²) in [6.45, 7) is 0. The summed E-state index contributed by atoms with van der Waals surface area (Å²) in [6.07, 6.45) is 0.00420. The molecule has 166 valence electrons. The first kappa shape index (κ1) is 22.8. The van der Waals surface area contributed by atoms with Gasteiger partial charge in [-0.3, -0.25) is 9.59 Å². The maximum absolute atomic E-state index is 12.4. The van der Waals surface area contributed by atoms with Gasteiger partial charge in [0.1, 0.15) is 11.6 Å². The van der Waals surface area contributed by atoms with Crippen molar-refractivity contribution in [1.82, 2.24) is 14.8 Å². The monoisotopic (exact) mass is 455 g/mol. The maximum atomic E-state index is 12.4. The number of methoxy groups -OCH3 is 1. The van der Waals surface area contributed by atoms with E-state index in [4.69, 9.17) is 9.84 Å². The number of hydrogen-bond acceptors (Lipinski definition) is 7. The van der Waals surface area contributed by atoms with E-state index in [9.17, 15) is 14.4 Å². The summed E-state index contributed by atoms with van der Waals surface area (Å²) in [5.74, 6) is -0.517. The van der Waals surface area contributed by atoms with Crippen molar-refractivity contribution in [3.05, 3.63) is 59.9 Å². The Morgan fingerprint density at radius 1 is 1.03 bits per heavy atom. The fourth-order valence-corrected chi connectivity index (χ4v) is 3.46. The number of carbonyl (C=O) groups excluding carboxylic acids is 2. The molecule has 0 saturated carbocycles. The Hall–Kier alpha value is -3.86. The molecule has 2 aromatic carbocycles. The van der Waals surface area contributed by atoms with E-state index in [0.29, 0.717) is 28.1 Å². The lowest BCUT2D eigenvalue weighted by Gasteiger charge is -2.09. The fourth-order valence-electron chi connectivity index (χ4n) is 2.73. The van der Waals surface area contributed by atoms with Gasteiger partial charge in [-0.05, 0) is 36.4 Å². The van der Waals surface area contributed by atoms with Crippen molar-refractivity contribution in [2.75, 3.05) is 23.5 Å². The third kappa shape index (κ3) is 5.85. The number of anilines is 2. The summed E-state index contributed by atoms with van der Waals surface area (Å²) in [7, 11) is 3.25. The number of para-hydroxylation sites is 2. The minimum absolute atomic E-state index is 0.00420. The number of ether oxygens (including phenoxy) is 1. The number of rotatable bonds is 9. The molecule has 1 aromatic heterocycles. The second kappa shape index (κ2) is 10.4. The van der Waals surface area contributed by atoms with Crippen LogP contribution in [0.5, 0.6) is 5.75 Å². The SMILES string of the molecule is COc1ccccc1NC(=O)Cc1nnc(SCC(=O)Nc2ccc(C(=O)O)cc2)n1C. The topological polar surface area (TPSA) is 135 Å². The third-order valence-corrected chi connectivity index (χ3v) is 5.39. The first-order valence-electron chi connectivity index (χ1n) is 9.44. The second-order valence-electron chi connectivity index (χ2n) is 6.60. The molecule has 0 atom stereocenters. The van der Waals surface area contributed by atoms with Gasteiger partial charge in [0.25, 0.3) is 0 Å². The van der Waals surface area contributed by atoms with Gasteiger partial charge in [-0.2, -0.15) is 0 Å². The molecule has 3 rings (SSSR count). The van der Waals surface area contributed by atoms with Crippen LogP contribution in [0.4, 0.5) is 11.4 Å². The highest BCUT2D eigenvalue weighted by molar-refractivity contribution is 7.99. The van der Waals surface area contributed by atoms with Crippen molar-refractivity contribution in [3.63, 3.8) is 0 Å². The molecule has 3 N–H and O–H groups in total. The van der Waals surface area contributed by atoms with Crippen LogP contribution < -0.4 is 15.4 Å². The van der Waals surface area contributed by atoms with E-state index < -0.39 is 5.97 Å². The quantitative estimate of drug-likeness (QED) is 0.419. The summed E-state index contributed by atoms with van der Waals surface area (Å²) in [4.78, 5) is 35.5. The molecule has 11 heteroatoms. The molecule has 0 aliphatic carbocycles. The van der Waals surface area contributed by atoms with Gasteiger partial charge in [-0.25, -0.2) is 4.79 Å². The van der Waals surface area contributed by atoms with E-state index >= 15 is 0 Å². The number of nitrogens with zero attached hydrogens (tertiary/aromatic N) is 3. The highest BCUT2D eigenvalue weighted by Gasteiger charge is 2.15. The lowest BCUT2D eigenvalue weighted by molar-refractivity contribution is -0.116. The minimum atomic E-state index is -1.03. The van der Waals surface area contributed by atoms with E-state index in [2.05, 4.69) is 20.8 Å². The van der Waals surface area contributed by atoms with Gasteiger partial charge in [0.15, 0.2) is 5.16 Å². The van der Waals surface area contributed by atoms with Crippen molar-refractivity contribution < 1.29 is 24.2 Å². The first-order chi connectivity index (χ1) is 15.4. The summed E-state index contributed by atoms with van der Waals surface area (Å²) in [5, 5.41) is 23.0. The summed E-state index contributed by atoms with van der Waals surface area (Å²) in [6, 6.07) is 13.0. The Morgan fingerprint density at radius 2 is 1.75 bits per heavy atom. The van der Waals surface area contributed by atoms with Gasteiger partial charge < -0.3 is 25.0 Å². The highest BCUT2D eigenvalue weighted by atomic mass is 32.2. The first-order valence-corrected chi connectivity index (χ1v) is 10.4. The van der Waals surface area contributed by atoms with Crippen LogP contribution in [0.2, 0.25) is 0 Å². The molecule has 0 saturated heterocycles. The summed E-state index contributed by atoms with van der Waals surface area (Å²) in [5.41, 5.74) is 1.19. The smallest absolute Gasteiger partial charge is 0.335 e. The Kier molecular flexibility index (Phi) is 7.45. The van der Waals surface area contributed by atoms with Crippen LogP contribution >= 0.6 is 11.8 Å². The number of hydrogen-bond donors (Lipinski definition) is 3. The van der Waals surface area contributed by atoms with Crippen LogP contribution in [0.1, 0.15) is 16.2 Å². The Labute approximate surface area is 188 Å². The largest absolute Gasteiger partial charge is 0.495 e. The molecule has 0 aliphatic heterocycles. The number of amides is 2. The van der Waals surface area contributed by atoms with Gasteiger partial charge in [0.05, 0.1) is 30.5 Å². The average molecular weight is 455 g/mol. The van der Waals surface area contributed by atoms with Crippen LogP contribution in [0.25, 0.3) is 0 Å². The molecule has 0 bridgehead atoms. The van der Waals surface area contributed by atoms with Gasteiger partial charge >= 0.3 is 5.97 Å². The van der Waals surface area contributed by atoms with Crippen LogP contribution in [0.3, 0.4) is 0 Å². The Morgan fingerprint density at radius 3 is 2.44 bits per heavy atom. The number of carbonyl (C=O) groups is 3. The lowest BCUT2D eigenvalue weighted by Crippen LogP contribution is -2.17. The number of carboxylic acid groups (broad SMARTS) is 1. The molecule has 32 heavy (non-hydrogen) atoms. The van der Waals surface area contributed by atoms with Crippen molar-refractivity contribution >= 4 is 40.9 Å². The van der Waals surface area contributed by atoms with Crippen molar-refractivity contribution in [3.8, 4) is 5.75 Å². The highest BCUT2D eigenvalue weighted by Crippen LogP contribution is 2.23. The van der Waals surface area contributed by atoms with E-state index in [1.165, 1.54) is 43.1 Å². The lowest BCUT2D eigenvalue weighted by atomic mass is 10.2. The molecule has 10 nitrogen and oxygen atoms in total.